The van der Waals surface area contributed by atoms with E-state index in [1.54, 1.807) is 13.0 Å². The summed E-state index contributed by atoms with van der Waals surface area (Å²) in [5.41, 5.74) is 7.29. The summed E-state index contributed by atoms with van der Waals surface area (Å²) in [6.07, 6.45) is 1.48. The second-order valence-electron chi connectivity index (χ2n) is 3.50. The normalized spacial score (nSPS) is 10.4. The fourth-order valence-electron chi connectivity index (χ4n) is 1.53. The van der Waals surface area contributed by atoms with Crippen molar-refractivity contribution < 1.29 is 8.78 Å². The summed E-state index contributed by atoms with van der Waals surface area (Å²) in [5.74, 6) is -1.75. The van der Waals surface area contributed by atoms with Gasteiger partial charge in [0.15, 0.2) is 11.6 Å². The first kappa shape index (κ1) is 10.5. The maximum absolute atomic E-state index is 13.6. The third-order valence-electron chi connectivity index (χ3n) is 2.35. The Balaban J connectivity index is 2.67. The Morgan fingerprint density at radius 2 is 1.94 bits per heavy atom. The summed E-state index contributed by atoms with van der Waals surface area (Å²) in [6.45, 7) is 1.72. The second-order valence-corrected chi connectivity index (χ2v) is 3.50. The van der Waals surface area contributed by atoms with Crippen LogP contribution < -0.4 is 5.73 Å². The Morgan fingerprint density at radius 1 is 1.19 bits per heavy atom. The minimum absolute atomic E-state index is 0.178. The second kappa shape index (κ2) is 3.89. The number of benzene rings is 1. The molecule has 0 saturated carbocycles. The van der Waals surface area contributed by atoms with Gasteiger partial charge in [0.2, 0.25) is 0 Å². The highest BCUT2D eigenvalue weighted by Gasteiger charge is 2.12. The quantitative estimate of drug-likeness (QED) is 0.802. The van der Waals surface area contributed by atoms with Crippen LogP contribution in [0.15, 0.2) is 30.5 Å². The van der Waals surface area contributed by atoms with E-state index in [9.17, 15) is 8.78 Å². The Morgan fingerprint density at radius 3 is 2.69 bits per heavy atom. The van der Waals surface area contributed by atoms with Crippen LogP contribution in [-0.2, 0) is 0 Å². The predicted molar refractivity (Wildman–Crippen MR) is 58.7 cm³/mol. The van der Waals surface area contributed by atoms with Crippen molar-refractivity contribution in [3.8, 4) is 11.1 Å². The van der Waals surface area contributed by atoms with Crippen molar-refractivity contribution in [2.45, 2.75) is 6.92 Å². The molecular formula is C12H10F2N2. The van der Waals surface area contributed by atoms with Crippen LogP contribution in [0, 0.1) is 18.6 Å². The Labute approximate surface area is 91.7 Å². The van der Waals surface area contributed by atoms with Gasteiger partial charge in [-0.2, -0.15) is 0 Å². The maximum Gasteiger partial charge on any atom is 0.166 e. The van der Waals surface area contributed by atoms with E-state index in [-0.39, 0.29) is 5.56 Å². The van der Waals surface area contributed by atoms with Crippen molar-refractivity contribution in [1.82, 2.24) is 4.98 Å². The molecule has 1 heterocycles. The number of nitrogens with two attached hydrogens (primary N) is 1. The molecule has 0 amide bonds. The molecule has 0 unspecified atom stereocenters. The van der Waals surface area contributed by atoms with E-state index < -0.39 is 11.6 Å². The molecule has 0 spiro atoms. The number of rotatable bonds is 1. The standard InChI is InChI=1S/C12H10F2N2/c1-7-10(5-8(15)6-16-7)9-3-2-4-11(13)12(9)14/h2-6H,15H2,1H3. The van der Waals surface area contributed by atoms with Crippen molar-refractivity contribution in [2.24, 2.45) is 0 Å². The number of aromatic nitrogens is 1. The van der Waals surface area contributed by atoms with E-state index in [0.717, 1.165) is 6.07 Å². The summed E-state index contributed by atoms with van der Waals surface area (Å²) in [6, 6.07) is 5.62. The zero-order valence-electron chi connectivity index (χ0n) is 8.67. The van der Waals surface area contributed by atoms with Gasteiger partial charge in [-0.3, -0.25) is 4.98 Å². The molecule has 1 aromatic heterocycles. The summed E-state index contributed by atoms with van der Waals surface area (Å²) in [7, 11) is 0. The first-order valence-electron chi connectivity index (χ1n) is 4.76. The molecule has 0 atom stereocenters. The number of pyridine rings is 1. The van der Waals surface area contributed by atoms with Gasteiger partial charge >= 0.3 is 0 Å². The van der Waals surface area contributed by atoms with Crippen molar-refractivity contribution in [3.63, 3.8) is 0 Å². The van der Waals surface area contributed by atoms with Gasteiger partial charge in [0.1, 0.15) is 0 Å². The number of hydrogen-bond acceptors (Lipinski definition) is 2. The zero-order chi connectivity index (χ0) is 11.7. The number of anilines is 1. The number of aryl methyl sites for hydroxylation is 1. The largest absolute Gasteiger partial charge is 0.397 e. The Bertz CT molecular complexity index is 539. The maximum atomic E-state index is 13.6. The number of halogens is 2. The summed E-state index contributed by atoms with van der Waals surface area (Å²) < 4.78 is 26.6. The van der Waals surface area contributed by atoms with Crippen LogP contribution in [0.1, 0.15) is 5.69 Å². The van der Waals surface area contributed by atoms with Crippen LogP contribution in [-0.4, -0.2) is 4.98 Å². The molecule has 0 bridgehead atoms. The molecule has 1 aromatic carbocycles. The van der Waals surface area contributed by atoms with E-state index in [1.165, 1.54) is 18.3 Å². The fraction of sp³-hybridized carbons (Fsp3) is 0.0833. The molecule has 82 valence electrons. The lowest BCUT2D eigenvalue weighted by atomic mass is 10.0. The number of nitrogen functional groups attached to an aromatic ring is 1. The van der Waals surface area contributed by atoms with Gasteiger partial charge in [0.05, 0.1) is 11.9 Å². The molecule has 0 aliphatic carbocycles. The van der Waals surface area contributed by atoms with Crippen molar-refractivity contribution in [3.05, 3.63) is 47.8 Å². The Kier molecular flexibility index (Phi) is 2.56. The van der Waals surface area contributed by atoms with Crippen molar-refractivity contribution in [2.75, 3.05) is 5.73 Å². The molecule has 2 nitrogen and oxygen atoms in total. The topological polar surface area (TPSA) is 38.9 Å². The van der Waals surface area contributed by atoms with E-state index in [4.69, 9.17) is 5.73 Å². The molecule has 0 fully saturated rings. The third kappa shape index (κ3) is 1.74. The molecule has 0 aliphatic heterocycles. The molecule has 16 heavy (non-hydrogen) atoms. The molecule has 0 saturated heterocycles. The van der Waals surface area contributed by atoms with Crippen molar-refractivity contribution >= 4 is 5.69 Å². The van der Waals surface area contributed by atoms with Crippen LogP contribution in [0.3, 0.4) is 0 Å². The molecular weight excluding hydrogens is 210 g/mol. The molecule has 2 aromatic rings. The lowest BCUT2D eigenvalue weighted by Crippen LogP contribution is -1.95. The van der Waals surface area contributed by atoms with Gasteiger partial charge in [-0.05, 0) is 19.1 Å². The van der Waals surface area contributed by atoms with Gasteiger partial charge in [-0.25, -0.2) is 8.78 Å². The molecule has 4 heteroatoms. The van der Waals surface area contributed by atoms with E-state index in [1.807, 2.05) is 0 Å². The Hall–Kier alpha value is -1.97. The lowest BCUT2D eigenvalue weighted by Gasteiger charge is -2.07. The monoisotopic (exact) mass is 220 g/mol. The molecule has 2 N–H and O–H groups in total. The number of hydrogen-bond donors (Lipinski definition) is 1. The van der Waals surface area contributed by atoms with Gasteiger partial charge in [0.25, 0.3) is 0 Å². The summed E-state index contributed by atoms with van der Waals surface area (Å²) in [5, 5.41) is 0. The van der Waals surface area contributed by atoms with Gasteiger partial charge in [0, 0.05) is 16.8 Å². The first-order valence-corrected chi connectivity index (χ1v) is 4.76. The molecule has 0 radical (unpaired) electrons. The average molecular weight is 220 g/mol. The van der Waals surface area contributed by atoms with Crippen molar-refractivity contribution in [1.29, 1.82) is 0 Å². The first-order chi connectivity index (χ1) is 7.59. The lowest BCUT2D eigenvalue weighted by molar-refractivity contribution is 0.511. The third-order valence-corrected chi connectivity index (χ3v) is 2.35. The minimum Gasteiger partial charge on any atom is -0.397 e. The SMILES string of the molecule is Cc1ncc(N)cc1-c1cccc(F)c1F. The minimum atomic E-state index is -0.877. The summed E-state index contributed by atoms with van der Waals surface area (Å²) in [4.78, 5) is 4.01. The van der Waals surface area contributed by atoms with Gasteiger partial charge in [-0.15, -0.1) is 0 Å². The molecule has 2 rings (SSSR count). The zero-order valence-corrected chi connectivity index (χ0v) is 8.67. The van der Waals surface area contributed by atoms with Crippen LogP contribution >= 0.6 is 0 Å². The van der Waals surface area contributed by atoms with E-state index >= 15 is 0 Å². The fourth-order valence-corrected chi connectivity index (χ4v) is 1.53. The van der Waals surface area contributed by atoms with Crippen LogP contribution in [0.2, 0.25) is 0 Å². The van der Waals surface area contributed by atoms with E-state index in [2.05, 4.69) is 4.98 Å². The van der Waals surface area contributed by atoms with Gasteiger partial charge < -0.3 is 5.73 Å². The highest BCUT2D eigenvalue weighted by molar-refractivity contribution is 5.69. The smallest absolute Gasteiger partial charge is 0.166 e. The van der Waals surface area contributed by atoms with Crippen LogP contribution in [0.5, 0.6) is 0 Å². The average Bonchev–Trinajstić information content (AvgIpc) is 2.26. The summed E-state index contributed by atoms with van der Waals surface area (Å²) >= 11 is 0. The highest BCUT2D eigenvalue weighted by atomic mass is 19.2. The van der Waals surface area contributed by atoms with Crippen LogP contribution in [0.25, 0.3) is 11.1 Å². The molecule has 0 aliphatic rings. The highest BCUT2D eigenvalue weighted by Crippen LogP contribution is 2.27. The predicted octanol–water partition coefficient (Wildman–Crippen LogP) is 2.92. The number of nitrogens with zero attached hydrogens (tertiary/aromatic N) is 1. The van der Waals surface area contributed by atoms with Gasteiger partial charge in [-0.1, -0.05) is 12.1 Å². The van der Waals surface area contributed by atoms with Crippen LogP contribution in [0.4, 0.5) is 14.5 Å². The van der Waals surface area contributed by atoms with E-state index in [0.29, 0.717) is 16.9 Å².